The second-order valence-electron chi connectivity index (χ2n) is 3.86. The van der Waals surface area contributed by atoms with E-state index in [2.05, 4.69) is 10.3 Å². The molecule has 0 fully saturated rings. The fourth-order valence-corrected chi connectivity index (χ4v) is 1.79. The summed E-state index contributed by atoms with van der Waals surface area (Å²) in [6.07, 6.45) is 1.64. The molecule has 1 aromatic heterocycles. The van der Waals surface area contributed by atoms with E-state index in [-0.39, 0.29) is 5.78 Å². The Bertz CT molecular complexity index is 518. The van der Waals surface area contributed by atoms with Crippen LogP contribution in [0, 0.1) is 0 Å². The van der Waals surface area contributed by atoms with Gasteiger partial charge in [0.15, 0.2) is 0 Å². The van der Waals surface area contributed by atoms with Gasteiger partial charge in [-0.05, 0) is 18.6 Å². The Kier molecular flexibility index (Phi) is 3.84. The first-order valence-electron chi connectivity index (χ1n) is 5.81. The summed E-state index contributed by atoms with van der Waals surface area (Å²) in [7, 11) is 1.53. The van der Waals surface area contributed by atoms with Gasteiger partial charge in [-0.1, -0.05) is 30.3 Å². The molecule has 1 heterocycles. The Hall–Kier alpha value is -2.01. The van der Waals surface area contributed by atoms with Crippen molar-refractivity contribution in [3.63, 3.8) is 0 Å². The van der Waals surface area contributed by atoms with Crippen molar-refractivity contribution in [3.8, 4) is 5.69 Å². The van der Waals surface area contributed by atoms with Crippen LogP contribution in [0.3, 0.4) is 0 Å². The highest BCUT2D eigenvalue weighted by molar-refractivity contribution is 5.98. The quantitative estimate of drug-likeness (QED) is 0.755. The third-order valence-corrected chi connectivity index (χ3v) is 2.75. The molecule has 0 aliphatic rings. The van der Waals surface area contributed by atoms with E-state index in [1.807, 2.05) is 37.3 Å². The van der Waals surface area contributed by atoms with Crippen molar-refractivity contribution in [1.82, 2.24) is 15.0 Å². The van der Waals surface area contributed by atoms with Crippen LogP contribution < -0.4 is 0 Å². The largest absolute Gasteiger partial charge is 0.373 e. The van der Waals surface area contributed by atoms with Gasteiger partial charge in [-0.2, -0.15) is 0 Å². The molecule has 0 aliphatic carbocycles. The van der Waals surface area contributed by atoms with Gasteiger partial charge >= 0.3 is 0 Å². The van der Waals surface area contributed by atoms with Crippen LogP contribution >= 0.6 is 0 Å². The summed E-state index contributed by atoms with van der Waals surface area (Å²) in [4.78, 5) is 12.2. The summed E-state index contributed by atoms with van der Waals surface area (Å²) in [6.45, 7) is 1.91. The molecule has 1 atom stereocenters. The van der Waals surface area contributed by atoms with Gasteiger partial charge in [-0.25, -0.2) is 4.68 Å². The van der Waals surface area contributed by atoms with E-state index >= 15 is 0 Å². The van der Waals surface area contributed by atoms with Gasteiger partial charge in [0.25, 0.3) is 0 Å². The Morgan fingerprint density at radius 3 is 2.72 bits per heavy atom. The molecule has 0 amide bonds. The molecule has 0 radical (unpaired) electrons. The Morgan fingerprint density at radius 2 is 2.11 bits per heavy atom. The lowest BCUT2D eigenvalue weighted by atomic mass is 10.1. The Balaban J connectivity index is 2.37. The maximum atomic E-state index is 12.2. The molecule has 0 saturated heterocycles. The third kappa shape index (κ3) is 2.31. The van der Waals surface area contributed by atoms with Crippen LogP contribution in [0.2, 0.25) is 0 Å². The van der Waals surface area contributed by atoms with Crippen LogP contribution in [0.1, 0.15) is 23.8 Å². The molecule has 18 heavy (non-hydrogen) atoms. The van der Waals surface area contributed by atoms with Crippen LogP contribution in [0.15, 0.2) is 36.5 Å². The van der Waals surface area contributed by atoms with E-state index in [1.165, 1.54) is 18.0 Å². The Morgan fingerprint density at radius 1 is 1.39 bits per heavy atom. The number of hydrogen-bond acceptors (Lipinski definition) is 4. The predicted molar refractivity (Wildman–Crippen MR) is 66.8 cm³/mol. The molecular formula is C13H15N3O2. The molecule has 1 unspecified atom stereocenters. The second kappa shape index (κ2) is 5.55. The smallest absolute Gasteiger partial charge is 0.211 e. The topological polar surface area (TPSA) is 57.0 Å². The SMILES string of the molecule is CCC(OC)C(=O)c1cnnn1-c1ccccc1. The van der Waals surface area contributed by atoms with Crippen molar-refractivity contribution in [2.45, 2.75) is 19.4 Å². The van der Waals surface area contributed by atoms with Gasteiger partial charge in [-0.15, -0.1) is 5.10 Å². The van der Waals surface area contributed by atoms with Gasteiger partial charge in [0, 0.05) is 7.11 Å². The number of ether oxygens (including phenoxy) is 1. The average molecular weight is 245 g/mol. The fraction of sp³-hybridized carbons (Fsp3) is 0.308. The number of methoxy groups -OCH3 is 1. The van der Waals surface area contributed by atoms with Crippen LogP contribution in [0.4, 0.5) is 0 Å². The lowest BCUT2D eigenvalue weighted by Gasteiger charge is -2.12. The van der Waals surface area contributed by atoms with E-state index in [9.17, 15) is 4.79 Å². The molecule has 5 nitrogen and oxygen atoms in total. The monoisotopic (exact) mass is 245 g/mol. The molecule has 0 spiro atoms. The number of nitrogens with zero attached hydrogens (tertiary/aromatic N) is 3. The number of carbonyl (C=O) groups excluding carboxylic acids is 1. The molecular weight excluding hydrogens is 230 g/mol. The molecule has 0 aliphatic heterocycles. The van der Waals surface area contributed by atoms with Gasteiger partial charge < -0.3 is 4.74 Å². The standard InChI is InChI=1S/C13H15N3O2/c1-3-12(18-2)13(17)11-9-14-15-16(11)10-7-5-4-6-8-10/h4-9,12H,3H2,1-2H3. The number of aromatic nitrogens is 3. The summed E-state index contributed by atoms with van der Waals surface area (Å²) in [5.74, 6) is -0.103. The maximum Gasteiger partial charge on any atom is 0.211 e. The average Bonchev–Trinajstić information content (AvgIpc) is 2.90. The molecule has 0 bridgehead atoms. The zero-order chi connectivity index (χ0) is 13.0. The van der Waals surface area contributed by atoms with Crippen molar-refractivity contribution in [2.75, 3.05) is 7.11 Å². The van der Waals surface area contributed by atoms with Crippen molar-refractivity contribution in [2.24, 2.45) is 0 Å². The molecule has 5 heteroatoms. The first kappa shape index (κ1) is 12.4. The fourth-order valence-electron chi connectivity index (χ4n) is 1.79. The van der Waals surface area contributed by atoms with Gasteiger partial charge in [0.1, 0.15) is 11.8 Å². The lowest BCUT2D eigenvalue weighted by molar-refractivity contribution is 0.0587. The van der Waals surface area contributed by atoms with E-state index in [4.69, 9.17) is 4.74 Å². The third-order valence-electron chi connectivity index (χ3n) is 2.75. The highest BCUT2D eigenvalue weighted by Gasteiger charge is 2.22. The number of benzene rings is 1. The number of Topliss-reactive ketones (excluding diaryl/α,β-unsaturated/α-hetero) is 1. The maximum absolute atomic E-state index is 12.2. The summed E-state index contributed by atoms with van der Waals surface area (Å²) in [5.41, 5.74) is 1.25. The van der Waals surface area contributed by atoms with E-state index in [1.54, 1.807) is 0 Å². The number of hydrogen-bond donors (Lipinski definition) is 0. The van der Waals surface area contributed by atoms with Crippen molar-refractivity contribution < 1.29 is 9.53 Å². The highest BCUT2D eigenvalue weighted by atomic mass is 16.5. The molecule has 0 N–H and O–H groups in total. The molecule has 1 aromatic carbocycles. The van der Waals surface area contributed by atoms with Crippen LogP contribution in [0.25, 0.3) is 5.69 Å². The number of ketones is 1. The second-order valence-corrected chi connectivity index (χ2v) is 3.86. The highest BCUT2D eigenvalue weighted by Crippen LogP contribution is 2.12. The lowest BCUT2D eigenvalue weighted by Crippen LogP contribution is -2.24. The van der Waals surface area contributed by atoms with Crippen LogP contribution in [0.5, 0.6) is 0 Å². The minimum absolute atomic E-state index is 0.103. The van der Waals surface area contributed by atoms with Crippen molar-refractivity contribution in [1.29, 1.82) is 0 Å². The summed E-state index contributed by atoms with van der Waals surface area (Å²) < 4.78 is 6.69. The molecule has 94 valence electrons. The van der Waals surface area contributed by atoms with Crippen molar-refractivity contribution >= 4 is 5.78 Å². The number of rotatable bonds is 5. The van der Waals surface area contributed by atoms with Gasteiger partial charge in [0.2, 0.25) is 5.78 Å². The molecule has 2 aromatic rings. The minimum Gasteiger partial charge on any atom is -0.373 e. The first-order chi connectivity index (χ1) is 8.77. The predicted octanol–water partition coefficient (Wildman–Crippen LogP) is 1.88. The van der Waals surface area contributed by atoms with E-state index in [0.29, 0.717) is 12.1 Å². The number of carbonyl (C=O) groups is 1. The van der Waals surface area contributed by atoms with Crippen LogP contribution in [-0.2, 0) is 4.74 Å². The summed E-state index contributed by atoms with van der Waals surface area (Å²) in [5, 5.41) is 7.76. The molecule has 0 saturated carbocycles. The normalized spacial score (nSPS) is 12.3. The minimum atomic E-state index is -0.453. The van der Waals surface area contributed by atoms with Crippen molar-refractivity contribution in [3.05, 3.63) is 42.2 Å². The molecule has 2 rings (SSSR count). The zero-order valence-corrected chi connectivity index (χ0v) is 10.4. The van der Waals surface area contributed by atoms with E-state index < -0.39 is 6.10 Å². The van der Waals surface area contributed by atoms with Gasteiger partial charge in [0.05, 0.1) is 11.9 Å². The summed E-state index contributed by atoms with van der Waals surface area (Å²) >= 11 is 0. The van der Waals surface area contributed by atoms with Crippen LogP contribution in [-0.4, -0.2) is 34.0 Å². The number of para-hydroxylation sites is 1. The summed E-state index contributed by atoms with van der Waals surface area (Å²) in [6, 6.07) is 9.43. The first-order valence-corrected chi connectivity index (χ1v) is 5.81. The van der Waals surface area contributed by atoms with E-state index in [0.717, 1.165) is 5.69 Å². The Labute approximate surface area is 105 Å². The zero-order valence-electron chi connectivity index (χ0n) is 10.4. The van der Waals surface area contributed by atoms with Gasteiger partial charge in [-0.3, -0.25) is 4.79 Å².